The van der Waals surface area contributed by atoms with Gasteiger partial charge in [-0.25, -0.2) is 5.43 Å². The third-order valence-electron chi connectivity index (χ3n) is 5.72. The van der Waals surface area contributed by atoms with Gasteiger partial charge in [-0.2, -0.15) is 5.10 Å². The number of fused-ring (bicyclic) bond motifs is 1. The molecule has 0 aliphatic heterocycles. The fourth-order valence-electron chi connectivity index (χ4n) is 4.05. The number of carbonyl (C=O) groups excluding carboxylic acids is 1. The van der Waals surface area contributed by atoms with Crippen LogP contribution in [0, 0.1) is 13.8 Å². The summed E-state index contributed by atoms with van der Waals surface area (Å²) in [5.74, 6) is -0.134. The minimum Gasteiger partial charge on any atom is -0.378 e. The van der Waals surface area contributed by atoms with E-state index in [2.05, 4.69) is 76.3 Å². The molecule has 0 saturated carbocycles. The first-order valence-electron chi connectivity index (χ1n) is 10.7. The summed E-state index contributed by atoms with van der Waals surface area (Å²) in [5.41, 5.74) is 9.10. The van der Waals surface area contributed by atoms with Crippen molar-refractivity contribution < 1.29 is 4.79 Å². The second-order valence-electron chi connectivity index (χ2n) is 8.18. The molecule has 4 rings (SSSR count). The Morgan fingerprint density at radius 1 is 1.00 bits per heavy atom. The largest absolute Gasteiger partial charge is 0.378 e. The third kappa shape index (κ3) is 4.42. The van der Waals surface area contributed by atoms with Crippen molar-refractivity contribution in [2.45, 2.75) is 20.3 Å². The molecule has 0 spiro atoms. The van der Waals surface area contributed by atoms with E-state index < -0.39 is 0 Å². The van der Waals surface area contributed by atoms with Gasteiger partial charge in [0.05, 0.1) is 12.6 Å². The normalized spacial score (nSPS) is 11.2. The lowest BCUT2D eigenvalue weighted by atomic mass is 10.0. The van der Waals surface area contributed by atoms with Crippen molar-refractivity contribution in [2.75, 3.05) is 19.0 Å². The van der Waals surface area contributed by atoms with Crippen LogP contribution in [0.3, 0.4) is 0 Å². The molecule has 0 unspecified atom stereocenters. The molecule has 0 atom stereocenters. The van der Waals surface area contributed by atoms with Crippen molar-refractivity contribution in [2.24, 2.45) is 5.10 Å². The van der Waals surface area contributed by atoms with Gasteiger partial charge in [-0.05, 0) is 60.5 Å². The Balaban J connectivity index is 1.47. The summed E-state index contributed by atoms with van der Waals surface area (Å²) < 4.78 is 2.19. The van der Waals surface area contributed by atoms with Gasteiger partial charge in [-0.3, -0.25) is 4.79 Å². The molecule has 3 aromatic carbocycles. The Kier molecular flexibility index (Phi) is 6.08. The SMILES string of the molecule is Cc1cc(/C=N\NC(=O)Cc2cccc3ccccc23)c(C)n1-c1ccc(N(C)C)cc1. The summed E-state index contributed by atoms with van der Waals surface area (Å²) in [4.78, 5) is 14.6. The predicted molar refractivity (Wildman–Crippen MR) is 133 cm³/mol. The van der Waals surface area contributed by atoms with Gasteiger partial charge in [0.15, 0.2) is 0 Å². The highest BCUT2D eigenvalue weighted by atomic mass is 16.2. The number of hydrazone groups is 1. The Hall–Kier alpha value is -3.86. The van der Waals surface area contributed by atoms with Crippen molar-refractivity contribution >= 4 is 28.6 Å². The molecule has 4 aromatic rings. The number of hydrogen-bond acceptors (Lipinski definition) is 3. The molecular weight excluding hydrogens is 396 g/mol. The first-order chi connectivity index (χ1) is 15.4. The van der Waals surface area contributed by atoms with E-state index in [0.29, 0.717) is 0 Å². The Morgan fingerprint density at radius 3 is 2.47 bits per heavy atom. The van der Waals surface area contributed by atoms with Gasteiger partial charge < -0.3 is 9.47 Å². The number of nitrogens with zero attached hydrogens (tertiary/aromatic N) is 3. The third-order valence-corrected chi connectivity index (χ3v) is 5.72. The minimum atomic E-state index is -0.134. The Bertz CT molecular complexity index is 1280. The van der Waals surface area contributed by atoms with Crippen LogP contribution in [0.2, 0.25) is 0 Å². The monoisotopic (exact) mass is 424 g/mol. The number of carbonyl (C=O) groups is 1. The van der Waals surface area contributed by atoms with Crippen LogP contribution < -0.4 is 10.3 Å². The maximum Gasteiger partial charge on any atom is 0.244 e. The lowest BCUT2D eigenvalue weighted by molar-refractivity contribution is -0.120. The van der Waals surface area contributed by atoms with E-state index in [4.69, 9.17) is 0 Å². The van der Waals surface area contributed by atoms with E-state index in [9.17, 15) is 4.79 Å². The Morgan fingerprint density at radius 2 is 1.72 bits per heavy atom. The molecule has 1 heterocycles. The van der Waals surface area contributed by atoms with Gasteiger partial charge in [-0.1, -0.05) is 42.5 Å². The molecular formula is C27H28N4O. The van der Waals surface area contributed by atoms with Crippen LogP contribution in [0.15, 0.2) is 77.9 Å². The molecule has 5 nitrogen and oxygen atoms in total. The average Bonchev–Trinajstić information content (AvgIpc) is 3.07. The van der Waals surface area contributed by atoms with Gasteiger partial charge in [0, 0.05) is 42.4 Å². The number of amides is 1. The van der Waals surface area contributed by atoms with E-state index in [0.717, 1.165) is 44.7 Å². The van der Waals surface area contributed by atoms with E-state index in [1.54, 1.807) is 6.21 Å². The van der Waals surface area contributed by atoms with Gasteiger partial charge in [0.2, 0.25) is 5.91 Å². The summed E-state index contributed by atoms with van der Waals surface area (Å²) in [6.07, 6.45) is 2.00. The summed E-state index contributed by atoms with van der Waals surface area (Å²) in [6, 6.07) is 24.6. The van der Waals surface area contributed by atoms with Crippen molar-refractivity contribution in [1.29, 1.82) is 0 Å². The molecule has 32 heavy (non-hydrogen) atoms. The molecule has 0 fully saturated rings. The van der Waals surface area contributed by atoms with Crippen LogP contribution in [-0.4, -0.2) is 30.8 Å². The van der Waals surface area contributed by atoms with Crippen molar-refractivity contribution in [3.8, 4) is 5.69 Å². The van der Waals surface area contributed by atoms with Crippen molar-refractivity contribution in [3.05, 3.63) is 95.3 Å². The van der Waals surface area contributed by atoms with E-state index in [1.165, 1.54) is 0 Å². The fourth-order valence-corrected chi connectivity index (χ4v) is 4.05. The highest BCUT2D eigenvalue weighted by Crippen LogP contribution is 2.22. The molecule has 0 aliphatic rings. The molecule has 0 bridgehead atoms. The molecule has 1 N–H and O–H groups in total. The molecule has 0 saturated heterocycles. The minimum absolute atomic E-state index is 0.134. The first kappa shape index (κ1) is 21.4. The first-order valence-corrected chi connectivity index (χ1v) is 10.7. The molecule has 0 aliphatic carbocycles. The standard InChI is InChI=1S/C27H28N4O/c1-19-16-23(20(2)31(19)25-14-12-24(13-15-25)30(3)4)18-28-29-27(32)17-22-10-7-9-21-8-5-6-11-26(21)22/h5-16,18H,17H2,1-4H3,(H,29,32)/b28-18-. The zero-order valence-corrected chi connectivity index (χ0v) is 19.0. The van der Waals surface area contributed by atoms with Gasteiger partial charge in [-0.15, -0.1) is 0 Å². The van der Waals surface area contributed by atoms with Gasteiger partial charge in [0.1, 0.15) is 0 Å². The number of anilines is 1. The van der Waals surface area contributed by atoms with E-state index >= 15 is 0 Å². The smallest absolute Gasteiger partial charge is 0.244 e. The highest BCUT2D eigenvalue weighted by Gasteiger charge is 2.10. The molecule has 1 amide bonds. The fraction of sp³-hybridized carbons (Fsp3) is 0.185. The number of hydrogen-bond donors (Lipinski definition) is 1. The maximum atomic E-state index is 12.5. The quantitative estimate of drug-likeness (QED) is 0.350. The topological polar surface area (TPSA) is 49.6 Å². The lowest BCUT2D eigenvalue weighted by Gasteiger charge is -2.14. The maximum absolute atomic E-state index is 12.5. The van der Waals surface area contributed by atoms with Crippen molar-refractivity contribution in [1.82, 2.24) is 9.99 Å². The van der Waals surface area contributed by atoms with E-state index in [1.807, 2.05) is 44.4 Å². The van der Waals surface area contributed by atoms with Crippen LogP contribution in [0.4, 0.5) is 5.69 Å². The lowest BCUT2D eigenvalue weighted by Crippen LogP contribution is -2.19. The number of aryl methyl sites for hydroxylation is 1. The van der Waals surface area contributed by atoms with Gasteiger partial charge >= 0.3 is 0 Å². The average molecular weight is 425 g/mol. The summed E-state index contributed by atoms with van der Waals surface area (Å²) in [7, 11) is 4.06. The predicted octanol–water partition coefficient (Wildman–Crippen LogP) is 5.01. The second-order valence-corrected chi connectivity index (χ2v) is 8.18. The number of rotatable bonds is 6. The van der Waals surface area contributed by atoms with Crippen LogP contribution in [0.25, 0.3) is 16.5 Å². The summed E-state index contributed by atoms with van der Waals surface area (Å²) in [5, 5.41) is 6.45. The zero-order chi connectivity index (χ0) is 22.7. The second kappa shape index (κ2) is 9.10. The molecule has 5 heteroatoms. The van der Waals surface area contributed by atoms with Crippen LogP contribution in [0.1, 0.15) is 22.5 Å². The number of aromatic nitrogens is 1. The number of nitrogens with one attached hydrogen (secondary N) is 1. The molecule has 0 radical (unpaired) electrons. The molecule has 1 aromatic heterocycles. The highest BCUT2D eigenvalue weighted by molar-refractivity contribution is 5.90. The van der Waals surface area contributed by atoms with Crippen molar-refractivity contribution in [3.63, 3.8) is 0 Å². The summed E-state index contributed by atoms with van der Waals surface area (Å²) >= 11 is 0. The molecule has 162 valence electrons. The number of benzene rings is 3. The summed E-state index contributed by atoms with van der Waals surface area (Å²) in [6.45, 7) is 4.13. The van der Waals surface area contributed by atoms with Crippen LogP contribution in [0.5, 0.6) is 0 Å². The van der Waals surface area contributed by atoms with Gasteiger partial charge in [0.25, 0.3) is 0 Å². The van der Waals surface area contributed by atoms with Crippen LogP contribution >= 0.6 is 0 Å². The van der Waals surface area contributed by atoms with Crippen LogP contribution in [-0.2, 0) is 11.2 Å². The zero-order valence-electron chi connectivity index (χ0n) is 19.0. The van der Waals surface area contributed by atoms with E-state index in [-0.39, 0.29) is 12.3 Å². The Labute approximate surface area is 189 Å².